The highest BCUT2D eigenvalue weighted by Gasteiger charge is 2.13. The normalized spacial score (nSPS) is 10.7. The molecule has 0 aliphatic heterocycles. The van der Waals surface area contributed by atoms with Crippen molar-refractivity contribution in [2.75, 3.05) is 5.32 Å². The third kappa shape index (κ3) is 3.46. The van der Waals surface area contributed by atoms with Crippen LogP contribution in [0.25, 0.3) is 33.1 Å². The molecule has 0 fully saturated rings. The number of hydrogen-bond donors (Lipinski definition) is 1. The molecule has 0 spiro atoms. The van der Waals surface area contributed by atoms with Crippen molar-refractivity contribution in [3.63, 3.8) is 0 Å². The summed E-state index contributed by atoms with van der Waals surface area (Å²) in [6.07, 6.45) is 6.94. The minimum Gasteiger partial charge on any atom is -0.338 e. The minimum absolute atomic E-state index is 0. The lowest BCUT2D eigenvalue weighted by atomic mass is 10.1. The first-order valence-corrected chi connectivity index (χ1v) is 8.76. The molecular weight excluding hydrogens is 389 g/mol. The summed E-state index contributed by atoms with van der Waals surface area (Å²) >= 11 is 0. The molecule has 29 heavy (non-hydrogen) atoms. The molecule has 0 radical (unpaired) electrons. The van der Waals surface area contributed by atoms with E-state index in [1.807, 2.05) is 24.3 Å². The number of pyridine rings is 4. The summed E-state index contributed by atoms with van der Waals surface area (Å²) in [6, 6.07) is 15.9. The fourth-order valence-electron chi connectivity index (χ4n) is 3.21. The van der Waals surface area contributed by atoms with Gasteiger partial charge in [0.1, 0.15) is 17.2 Å². The number of aromatic nitrogens is 4. The first-order chi connectivity index (χ1) is 13.8. The van der Waals surface area contributed by atoms with Gasteiger partial charge >= 0.3 is 0 Å². The first-order valence-electron chi connectivity index (χ1n) is 8.76. The summed E-state index contributed by atoms with van der Waals surface area (Å²) in [6.45, 7) is 0. The van der Waals surface area contributed by atoms with E-state index >= 15 is 0 Å². The maximum atomic E-state index is 14.3. The van der Waals surface area contributed by atoms with E-state index in [2.05, 4.69) is 25.3 Å². The quantitative estimate of drug-likeness (QED) is 0.428. The van der Waals surface area contributed by atoms with Gasteiger partial charge in [-0.05, 0) is 42.5 Å². The lowest BCUT2D eigenvalue weighted by Gasteiger charge is -2.12. The molecule has 0 bridgehead atoms. The number of rotatable bonds is 3. The molecule has 1 aromatic carbocycles. The molecule has 0 unspecified atom stereocenters. The van der Waals surface area contributed by atoms with Crippen molar-refractivity contribution in [1.82, 2.24) is 19.9 Å². The van der Waals surface area contributed by atoms with E-state index in [1.165, 1.54) is 6.07 Å². The van der Waals surface area contributed by atoms with Crippen LogP contribution in [0.2, 0.25) is 0 Å². The molecule has 0 saturated carbocycles. The van der Waals surface area contributed by atoms with E-state index in [0.717, 1.165) is 10.8 Å². The van der Waals surface area contributed by atoms with Crippen LogP contribution in [0, 0.1) is 5.82 Å². The molecule has 0 saturated heterocycles. The van der Waals surface area contributed by atoms with Gasteiger partial charge < -0.3 is 5.32 Å². The maximum absolute atomic E-state index is 14.3. The Kier molecular flexibility index (Phi) is 5.01. The maximum Gasteiger partial charge on any atom is 0.138 e. The predicted molar refractivity (Wildman–Crippen MR) is 115 cm³/mol. The number of benzene rings is 1. The van der Waals surface area contributed by atoms with Crippen LogP contribution in [0.5, 0.6) is 0 Å². The van der Waals surface area contributed by atoms with E-state index in [4.69, 9.17) is 0 Å². The predicted octanol–water partition coefficient (Wildman–Crippen LogP) is 5.54. The number of hydrogen-bond acceptors (Lipinski definition) is 5. The molecular formula is C22H15ClFN5. The Morgan fingerprint density at radius 2 is 1.76 bits per heavy atom. The summed E-state index contributed by atoms with van der Waals surface area (Å²) in [5.74, 6) is 0.357. The molecule has 0 aliphatic rings. The lowest BCUT2D eigenvalue weighted by molar-refractivity contribution is 0.631. The van der Waals surface area contributed by atoms with Gasteiger partial charge in [-0.2, -0.15) is 0 Å². The zero-order valence-electron chi connectivity index (χ0n) is 15.1. The van der Waals surface area contributed by atoms with Crippen LogP contribution in [0.4, 0.5) is 15.9 Å². The molecule has 0 atom stereocenters. The van der Waals surface area contributed by atoms with Crippen molar-refractivity contribution in [3.05, 3.63) is 85.2 Å². The van der Waals surface area contributed by atoms with Crippen LogP contribution in [0.3, 0.4) is 0 Å². The van der Waals surface area contributed by atoms with Gasteiger partial charge in [-0.15, -0.1) is 12.4 Å². The van der Waals surface area contributed by atoms with Crippen molar-refractivity contribution in [2.24, 2.45) is 0 Å². The highest BCUT2D eigenvalue weighted by Crippen LogP contribution is 2.31. The number of nitrogens with zero attached hydrogens (tertiary/aromatic N) is 4. The number of nitrogens with one attached hydrogen (secondary N) is 1. The monoisotopic (exact) mass is 403 g/mol. The second kappa shape index (κ2) is 7.77. The second-order valence-electron chi connectivity index (χ2n) is 6.29. The van der Waals surface area contributed by atoms with Gasteiger partial charge in [-0.1, -0.05) is 12.1 Å². The second-order valence-corrected chi connectivity index (χ2v) is 6.29. The third-order valence-corrected chi connectivity index (χ3v) is 4.53. The van der Waals surface area contributed by atoms with Crippen LogP contribution in [-0.2, 0) is 0 Å². The molecule has 0 amide bonds. The van der Waals surface area contributed by atoms with E-state index in [-0.39, 0.29) is 18.2 Å². The van der Waals surface area contributed by atoms with Crippen molar-refractivity contribution in [2.45, 2.75) is 0 Å². The standard InChI is InChI=1S/C22H14FN5.ClH/c23-17-5-2-1-4-16(17)19-12-20(21-18(27-19)6-3-9-25-21)28-22-15-8-10-24-13-14(15)7-11-26-22;/h1-13H,(H,26,27,28);1H. The van der Waals surface area contributed by atoms with Crippen LogP contribution in [-0.4, -0.2) is 19.9 Å². The summed E-state index contributed by atoms with van der Waals surface area (Å²) in [5, 5.41) is 5.26. The van der Waals surface area contributed by atoms with E-state index in [9.17, 15) is 4.39 Å². The van der Waals surface area contributed by atoms with Crippen molar-refractivity contribution in [1.29, 1.82) is 0 Å². The first kappa shape index (κ1) is 18.7. The Morgan fingerprint density at radius 1 is 0.862 bits per heavy atom. The third-order valence-electron chi connectivity index (χ3n) is 4.53. The van der Waals surface area contributed by atoms with Gasteiger partial charge in [0.05, 0.1) is 16.9 Å². The van der Waals surface area contributed by atoms with Gasteiger partial charge in [-0.25, -0.2) is 14.4 Å². The van der Waals surface area contributed by atoms with E-state index in [1.54, 1.807) is 49.1 Å². The molecule has 142 valence electrons. The van der Waals surface area contributed by atoms with E-state index < -0.39 is 0 Å². The number of anilines is 2. The fraction of sp³-hybridized carbons (Fsp3) is 0. The average Bonchev–Trinajstić information content (AvgIpc) is 2.74. The number of halogens is 2. The molecule has 5 rings (SSSR count). The highest BCUT2D eigenvalue weighted by atomic mass is 35.5. The fourth-order valence-corrected chi connectivity index (χ4v) is 3.21. The Balaban J connectivity index is 0.00000205. The van der Waals surface area contributed by atoms with Gasteiger partial charge in [-0.3, -0.25) is 9.97 Å². The van der Waals surface area contributed by atoms with Crippen LogP contribution >= 0.6 is 12.4 Å². The van der Waals surface area contributed by atoms with Gasteiger partial charge in [0.2, 0.25) is 0 Å². The largest absolute Gasteiger partial charge is 0.338 e. The summed E-state index contributed by atoms with van der Waals surface area (Å²) in [4.78, 5) is 17.7. The Labute approximate surface area is 172 Å². The molecule has 5 aromatic rings. The van der Waals surface area contributed by atoms with Gasteiger partial charge in [0, 0.05) is 41.1 Å². The Hall–Kier alpha value is -3.64. The lowest BCUT2D eigenvalue weighted by Crippen LogP contribution is -1.99. The summed E-state index contributed by atoms with van der Waals surface area (Å²) in [5.41, 5.74) is 3.04. The summed E-state index contributed by atoms with van der Waals surface area (Å²) in [7, 11) is 0. The van der Waals surface area contributed by atoms with Crippen molar-refractivity contribution < 1.29 is 4.39 Å². The zero-order valence-corrected chi connectivity index (χ0v) is 15.9. The number of fused-ring (bicyclic) bond motifs is 2. The molecule has 4 aromatic heterocycles. The van der Waals surface area contributed by atoms with E-state index in [0.29, 0.717) is 33.8 Å². The van der Waals surface area contributed by atoms with Crippen LogP contribution in [0.15, 0.2) is 79.4 Å². The molecule has 0 aliphatic carbocycles. The minimum atomic E-state index is -0.321. The molecule has 7 heteroatoms. The molecule has 5 nitrogen and oxygen atoms in total. The van der Waals surface area contributed by atoms with Crippen molar-refractivity contribution >= 4 is 45.7 Å². The van der Waals surface area contributed by atoms with Crippen LogP contribution < -0.4 is 5.32 Å². The molecule has 4 heterocycles. The Morgan fingerprint density at radius 3 is 2.66 bits per heavy atom. The van der Waals surface area contributed by atoms with Gasteiger partial charge in [0.25, 0.3) is 0 Å². The molecule has 1 N–H and O–H groups in total. The average molecular weight is 404 g/mol. The Bertz CT molecular complexity index is 1320. The zero-order chi connectivity index (χ0) is 18.9. The smallest absolute Gasteiger partial charge is 0.138 e. The van der Waals surface area contributed by atoms with Crippen molar-refractivity contribution in [3.8, 4) is 11.3 Å². The van der Waals surface area contributed by atoms with Gasteiger partial charge in [0.15, 0.2) is 0 Å². The SMILES string of the molecule is Cl.Fc1ccccc1-c1cc(Nc2nccc3cnccc23)c2ncccc2n1. The topological polar surface area (TPSA) is 63.6 Å². The van der Waals surface area contributed by atoms with Crippen LogP contribution in [0.1, 0.15) is 0 Å². The summed E-state index contributed by atoms with van der Waals surface area (Å²) < 4.78 is 14.3. The highest BCUT2D eigenvalue weighted by molar-refractivity contribution is 5.97.